The molecule has 1 unspecified atom stereocenters. The number of unbranched alkanes of at least 4 members (excludes halogenated alkanes) is 1. The van der Waals surface area contributed by atoms with Crippen molar-refractivity contribution in [3.05, 3.63) is 12.2 Å². The second-order valence-electron chi connectivity index (χ2n) is 9.72. The van der Waals surface area contributed by atoms with Crippen molar-refractivity contribution in [2.45, 2.75) is 58.1 Å². The van der Waals surface area contributed by atoms with Crippen LogP contribution < -0.4 is 16.0 Å². The van der Waals surface area contributed by atoms with Gasteiger partial charge in [-0.15, -0.1) is 0 Å². The Morgan fingerprint density at radius 1 is 0.950 bits per heavy atom. The summed E-state index contributed by atoms with van der Waals surface area (Å²) in [6.07, 6.45) is 4.10. The van der Waals surface area contributed by atoms with Crippen molar-refractivity contribution in [2.24, 2.45) is 0 Å². The van der Waals surface area contributed by atoms with Gasteiger partial charge in [0.15, 0.2) is 0 Å². The molecule has 1 aliphatic rings. The van der Waals surface area contributed by atoms with E-state index in [2.05, 4.69) is 16.0 Å². The molecule has 0 aromatic carbocycles. The molecular weight excluding hydrogens is 563 g/mol. The van der Waals surface area contributed by atoms with Gasteiger partial charge in [-0.05, 0) is 51.8 Å². The SMILES string of the molecule is CC(C)(C)OC(=O)CNC(CCCCNC(=O)COCCOCCNC(=O)CCN1C(=O)C=CC1=O)C(=O)P=S. The highest BCUT2D eigenvalue weighted by atomic mass is 32.4. The second kappa shape index (κ2) is 19.4. The van der Waals surface area contributed by atoms with Gasteiger partial charge < -0.3 is 24.8 Å². The van der Waals surface area contributed by atoms with Crippen LogP contribution in [0.1, 0.15) is 46.5 Å². The number of esters is 1. The molecular formula is C25H39N4O9PS. The van der Waals surface area contributed by atoms with Crippen molar-refractivity contribution in [1.29, 1.82) is 0 Å². The molecule has 0 aromatic rings. The molecule has 0 saturated heterocycles. The van der Waals surface area contributed by atoms with Crippen LogP contribution in [0, 0.1) is 0 Å². The van der Waals surface area contributed by atoms with Crippen molar-refractivity contribution in [1.82, 2.24) is 20.9 Å². The van der Waals surface area contributed by atoms with Crippen LogP contribution in [-0.2, 0) is 54.8 Å². The fraction of sp³-hybridized carbons (Fsp3) is 0.680. The average Bonchev–Trinajstić information content (AvgIpc) is 3.21. The third-order valence-electron chi connectivity index (χ3n) is 5.18. The normalized spacial score (nSPS) is 13.9. The molecule has 0 aliphatic carbocycles. The number of carbonyl (C=O) groups is 6. The highest BCUT2D eigenvalue weighted by Crippen LogP contribution is 2.10. The van der Waals surface area contributed by atoms with E-state index in [0.29, 0.717) is 25.8 Å². The number of hydrogen-bond donors (Lipinski definition) is 3. The first-order valence-electron chi connectivity index (χ1n) is 13.0. The number of rotatable bonds is 21. The molecule has 15 heteroatoms. The zero-order valence-corrected chi connectivity index (χ0v) is 24.9. The number of nitrogens with one attached hydrogen (secondary N) is 3. The fourth-order valence-corrected chi connectivity index (χ4v) is 4.04. The van der Waals surface area contributed by atoms with Crippen LogP contribution in [0.4, 0.5) is 0 Å². The van der Waals surface area contributed by atoms with Crippen molar-refractivity contribution in [2.75, 3.05) is 52.6 Å². The molecule has 13 nitrogen and oxygen atoms in total. The summed E-state index contributed by atoms with van der Waals surface area (Å²) < 4.78 is 15.8. The Morgan fingerprint density at radius 2 is 1.60 bits per heavy atom. The first-order valence-corrected chi connectivity index (χ1v) is 14.9. The Labute approximate surface area is 240 Å². The standard InChI is InChI=1S/C25H39N4O9PS/c1-25(2,3)38-23(34)16-28-18(24(35)39-40)6-4-5-10-26-20(31)17-37-15-14-36-13-11-27-19(30)9-12-29-21(32)7-8-22(29)33/h7-8,18,28H,4-6,9-17H2,1-3H3,(H,26,31)(H,27,30). The Bertz CT molecular complexity index is 922. The zero-order chi connectivity index (χ0) is 30.0. The van der Waals surface area contributed by atoms with Gasteiger partial charge in [0.05, 0.1) is 39.8 Å². The van der Waals surface area contributed by atoms with Gasteiger partial charge in [0.2, 0.25) is 17.3 Å². The van der Waals surface area contributed by atoms with Crippen LogP contribution in [0.2, 0.25) is 0 Å². The summed E-state index contributed by atoms with van der Waals surface area (Å²) in [5.74, 6) is -1.88. The van der Waals surface area contributed by atoms with Crippen LogP contribution in [-0.4, -0.2) is 104 Å². The molecule has 1 rings (SSSR count). The third kappa shape index (κ3) is 16.5. The van der Waals surface area contributed by atoms with Crippen molar-refractivity contribution in [3.63, 3.8) is 0 Å². The summed E-state index contributed by atoms with van der Waals surface area (Å²) in [7, 11) is 0.191. The van der Waals surface area contributed by atoms with Gasteiger partial charge >= 0.3 is 5.97 Å². The Morgan fingerprint density at radius 3 is 2.25 bits per heavy atom. The van der Waals surface area contributed by atoms with Gasteiger partial charge in [0.25, 0.3) is 11.8 Å². The van der Waals surface area contributed by atoms with E-state index in [9.17, 15) is 28.8 Å². The molecule has 0 bridgehead atoms. The largest absolute Gasteiger partial charge is 0.459 e. The van der Waals surface area contributed by atoms with E-state index in [-0.39, 0.29) is 77.2 Å². The molecule has 40 heavy (non-hydrogen) atoms. The number of hydrogen-bond acceptors (Lipinski definition) is 11. The minimum Gasteiger partial charge on any atom is -0.459 e. The summed E-state index contributed by atoms with van der Waals surface area (Å²) in [6.45, 7) is 6.44. The van der Waals surface area contributed by atoms with Crippen LogP contribution in [0.5, 0.6) is 0 Å². The number of imide groups is 1. The maximum atomic E-state index is 12.1. The molecule has 0 radical (unpaired) electrons. The first kappa shape index (κ1) is 35.4. The Balaban J connectivity index is 2.03. The molecule has 0 spiro atoms. The van der Waals surface area contributed by atoms with Crippen LogP contribution in [0.15, 0.2) is 12.2 Å². The average molecular weight is 603 g/mol. The highest BCUT2D eigenvalue weighted by molar-refractivity contribution is 8.03. The lowest BCUT2D eigenvalue weighted by atomic mass is 10.1. The minimum atomic E-state index is -0.607. The molecule has 1 aliphatic heterocycles. The van der Waals surface area contributed by atoms with E-state index < -0.39 is 29.4 Å². The first-order chi connectivity index (χ1) is 18.9. The molecule has 224 valence electrons. The summed E-state index contributed by atoms with van der Waals surface area (Å²) in [5.41, 5.74) is -0.796. The molecule has 3 N–H and O–H groups in total. The quantitative estimate of drug-likeness (QED) is 0.0698. The summed E-state index contributed by atoms with van der Waals surface area (Å²) >= 11 is 4.83. The van der Waals surface area contributed by atoms with Gasteiger partial charge in [-0.1, -0.05) is 0 Å². The monoisotopic (exact) mass is 602 g/mol. The topological polar surface area (TPSA) is 169 Å². The molecule has 0 aromatic heterocycles. The van der Waals surface area contributed by atoms with Crippen LogP contribution in [0.25, 0.3) is 0 Å². The lowest BCUT2D eigenvalue weighted by Crippen LogP contribution is -2.40. The lowest BCUT2D eigenvalue weighted by molar-refractivity contribution is -0.153. The molecule has 4 amide bonds. The number of carbonyl (C=O) groups excluding carboxylic acids is 6. The van der Waals surface area contributed by atoms with Crippen molar-refractivity contribution in [3.8, 4) is 0 Å². The Hall–Kier alpha value is -2.64. The third-order valence-corrected chi connectivity index (χ3v) is 6.21. The van der Waals surface area contributed by atoms with Gasteiger partial charge in [-0.25, -0.2) is 0 Å². The zero-order valence-electron chi connectivity index (χ0n) is 23.2. The number of amides is 4. The van der Waals surface area contributed by atoms with E-state index in [0.717, 1.165) is 4.90 Å². The van der Waals surface area contributed by atoms with Gasteiger partial charge in [-0.3, -0.25) is 39.0 Å². The number of ether oxygens (including phenoxy) is 3. The Kier molecular flexibility index (Phi) is 17.2. The van der Waals surface area contributed by atoms with E-state index >= 15 is 0 Å². The molecule has 0 saturated carbocycles. The van der Waals surface area contributed by atoms with Crippen molar-refractivity contribution >= 4 is 54.3 Å². The minimum absolute atomic E-state index is 0.00923. The summed E-state index contributed by atoms with van der Waals surface area (Å²) in [4.78, 5) is 71.5. The van der Waals surface area contributed by atoms with E-state index in [1.807, 2.05) is 0 Å². The smallest absolute Gasteiger partial charge is 0.320 e. The predicted molar refractivity (Wildman–Crippen MR) is 149 cm³/mol. The molecule has 1 heterocycles. The summed E-state index contributed by atoms with van der Waals surface area (Å²) in [5, 5.41) is 8.27. The maximum absolute atomic E-state index is 12.1. The van der Waals surface area contributed by atoms with Gasteiger partial charge in [0.1, 0.15) is 12.2 Å². The van der Waals surface area contributed by atoms with Crippen molar-refractivity contribution < 1.29 is 43.0 Å². The van der Waals surface area contributed by atoms with E-state index in [1.54, 1.807) is 20.8 Å². The number of nitrogens with zero attached hydrogens (tertiary/aromatic N) is 1. The van der Waals surface area contributed by atoms with Gasteiger partial charge in [-0.2, -0.15) is 0 Å². The van der Waals surface area contributed by atoms with E-state index in [1.165, 1.54) is 12.2 Å². The van der Waals surface area contributed by atoms with Crippen LogP contribution >= 0.6 is 7.36 Å². The lowest BCUT2D eigenvalue weighted by Gasteiger charge is -2.21. The molecule has 0 fully saturated rings. The second-order valence-corrected chi connectivity index (χ2v) is 10.9. The van der Waals surface area contributed by atoms with E-state index in [4.69, 9.17) is 26.0 Å². The van der Waals surface area contributed by atoms with Crippen LogP contribution in [0.3, 0.4) is 0 Å². The highest BCUT2D eigenvalue weighted by Gasteiger charge is 2.23. The molecule has 1 atom stereocenters. The summed E-state index contributed by atoms with van der Waals surface area (Å²) in [6, 6.07) is -0.553. The predicted octanol–water partition coefficient (Wildman–Crippen LogP) is -0.0280. The van der Waals surface area contributed by atoms with Gasteiger partial charge in [0, 0.05) is 38.2 Å². The maximum Gasteiger partial charge on any atom is 0.320 e. The fourth-order valence-electron chi connectivity index (χ4n) is 3.31.